The molecular formula is C25H21F3N4O3. The van der Waals surface area contributed by atoms with Crippen LogP contribution in [0.25, 0.3) is 22.2 Å². The zero-order chi connectivity index (χ0) is 24.4. The number of nitrogens with one attached hydrogen (secondary N) is 1. The van der Waals surface area contributed by atoms with Crippen LogP contribution >= 0.6 is 0 Å². The molecule has 35 heavy (non-hydrogen) atoms. The van der Waals surface area contributed by atoms with Gasteiger partial charge in [0.1, 0.15) is 22.8 Å². The Balaban J connectivity index is 1.23. The average Bonchev–Trinajstić information content (AvgIpc) is 3.42. The Hall–Kier alpha value is -3.95. The fraction of sp³-hybridized carbons (Fsp3) is 0.280. The number of aromatic nitrogens is 3. The van der Waals surface area contributed by atoms with Crippen LogP contribution in [0, 0.1) is 0 Å². The van der Waals surface area contributed by atoms with Gasteiger partial charge >= 0.3 is 6.36 Å². The van der Waals surface area contributed by atoms with Crippen LogP contribution in [0.4, 0.5) is 13.2 Å². The number of rotatable bonds is 2. The van der Waals surface area contributed by atoms with Gasteiger partial charge in [0.2, 0.25) is 0 Å². The number of piperidine rings is 1. The summed E-state index contributed by atoms with van der Waals surface area (Å²) >= 11 is 0. The van der Waals surface area contributed by atoms with Gasteiger partial charge < -0.3 is 19.4 Å². The van der Waals surface area contributed by atoms with Gasteiger partial charge in [-0.3, -0.25) is 9.48 Å². The minimum Gasteiger partial charge on any atom is -0.482 e. The van der Waals surface area contributed by atoms with Crippen molar-refractivity contribution in [1.29, 1.82) is 0 Å². The number of alkyl halides is 3. The van der Waals surface area contributed by atoms with Crippen molar-refractivity contribution >= 4 is 16.8 Å². The third-order valence-electron chi connectivity index (χ3n) is 6.79. The van der Waals surface area contributed by atoms with Gasteiger partial charge in [-0.15, -0.1) is 13.2 Å². The SMILES string of the molecule is Cn1ncc2c1-c1ccccc1OC21CCN(C(=O)c2cc3cc(OC(F)(F)F)ccc3[nH]2)CC1. The van der Waals surface area contributed by atoms with Crippen LogP contribution in [-0.4, -0.2) is 45.0 Å². The number of benzene rings is 2. The average molecular weight is 482 g/mol. The maximum absolute atomic E-state index is 13.2. The highest BCUT2D eigenvalue weighted by Crippen LogP contribution is 2.49. The number of likely N-dealkylation sites (tertiary alicyclic amines) is 1. The smallest absolute Gasteiger partial charge is 0.482 e. The summed E-state index contributed by atoms with van der Waals surface area (Å²) in [4.78, 5) is 18.0. The number of carbonyl (C=O) groups excluding carboxylic acids is 1. The fourth-order valence-electron chi connectivity index (χ4n) is 5.14. The number of para-hydroxylation sites is 1. The van der Waals surface area contributed by atoms with Gasteiger partial charge in [-0.2, -0.15) is 5.10 Å². The van der Waals surface area contributed by atoms with Crippen LogP contribution in [0.15, 0.2) is 54.7 Å². The Morgan fingerprint density at radius 3 is 2.69 bits per heavy atom. The van der Waals surface area contributed by atoms with E-state index in [-0.39, 0.29) is 11.7 Å². The van der Waals surface area contributed by atoms with Crippen LogP contribution in [0.1, 0.15) is 28.9 Å². The number of H-pyrrole nitrogens is 1. The van der Waals surface area contributed by atoms with Crippen molar-refractivity contribution in [2.75, 3.05) is 13.1 Å². The Labute approximate surface area is 198 Å². The summed E-state index contributed by atoms with van der Waals surface area (Å²) in [5, 5.41) is 4.94. The predicted molar refractivity (Wildman–Crippen MR) is 121 cm³/mol. The number of aryl methyl sites for hydroxylation is 1. The lowest BCUT2D eigenvalue weighted by Gasteiger charge is -2.44. The molecule has 10 heteroatoms. The summed E-state index contributed by atoms with van der Waals surface area (Å²) in [6, 6.07) is 13.4. The number of halogens is 3. The second kappa shape index (κ2) is 7.53. The third kappa shape index (κ3) is 3.60. The number of ether oxygens (including phenoxy) is 2. The second-order valence-corrected chi connectivity index (χ2v) is 8.90. The van der Waals surface area contributed by atoms with Crippen LogP contribution in [0.5, 0.6) is 11.5 Å². The first-order valence-electron chi connectivity index (χ1n) is 11.2. The molecular weight excluding hydrogens is 461 g/mol. The molecule has 1 amide bonds. The summed E-state index contributed by atoms with van der Waals surface area (Å²) in [6.07, 6.45) is -1.74. The molecule has 7 nitrogen and oxygen atoms in total. The summed E-state index contributed by atoms with van der Waals surface area (Å²) in [5.41, 5.74) is 3.35. The maximum Gasteiger partial charge on any atom is 0.573 e. The summed E-state index contributed by atoms with van der Waals surface area (Å²) in [6.45, 7) is 0.931. The standard InChI is InChI=1S/C25H21F3N4O3/c1-31-22-17-4-2-3-5-21(17)35-24(18(22)14-29-31)8-10-32(11-9-24)23(33)20-13-15-12-16(34-25(26,27)28)6-7-19(15)30-20/h2-7,12-14,30H,8-11H2,1H3. The van der Waals surface area contributed by atoms with E-state index in [1.54, 1.807) is 11.0 Å². The highest BCUT2D eigenvalue weighted by Gasteiger charge is 2.46. The lowest BCUT2D eigenvalue weighted by Crippen LogP contribution is -2.49. The van der Waals surface area contributed by atoms with E-state index in [9.17, 15) is 18.0 Å². The molecule has 0 radical (unpaired) electrons. The van der Waals surface area contributed by atoms with Gasteiger partial charge in [-0.05, 0) is 36.4 Å². The Bertz CT molecular complexity index is 1450. The third-order valence-corrected chi connectivity index (χ3v) is 6.79. The molecule has 1 fully saturated rings. The van der Waals surface area contributed by atoms with E-state index in [1.807, 2.05) is 42.2 Å². The van der Waals surface area contributed by atoms with Gasteiger partial charge in [0.25, 0.3) is 5.91 Å². The van der Waals surface area contributed by atoms with Crippen LogP contribution < -0.4 is 9.47 Å². The first kappa shape index (κ1) is 21.6. The van der Waals surface area contributed by atoms with Gasteiger partial charge in [0.15, 0.2) is 0 Å². The lowest BCUT2D eigenvalue weighted by atomic mass is 9.81. The zero-order valence-electron chi connectivity index (χ0n) is 18.7. The Morgan fingerprint density at radius 1 is 1.14 bits per heavy atom. The van der Waals surface area contributed by atoms with Crippen molar-refractivity contribution in [3.8, 4) is 22.8 Å². The Morgan fingerprint density at radius 2 is 1.91 bits per heavy atom. The Kier molecular flexibility index (Phi) is 4.64. The van der Waals surface area contributed by atoms with Crippen molar-refractivity contribution in [1.82, 2.24) is 19.7 Å². The van der Waals surface area contributed by atoms with Crippen molar-refractivity contribution in [3.63, 3.8) is 0 Å². The molecule has 180 valence electrons. The van der Waals surface area contributed by atoms with Gasteiger partial charge in [0.05, 0.1) is 11.9 Å². The molecule has 2 aromatic carbocycles. The molecule has 4 heterocycles. The number of hydrogen-bond donors (Lipinski definition) is 1. The molecule has 0 saturated carbocycles. The second-order valence-electron chi connectivity index (χ2n) is 8.90. The van der Waals surface area contributed by atoms with Crippen molar-refractivity contribution in [3.05, 3.63) is 66.0 Å². The molecule has 0 unspecified atom stereocenters. The van der Waals surface area contributed by atoms with Gasteiger partial charge in [0, 0.05) is 55.0 Å². The first-order valence-corrected chi connectivity index (χ1v) is 11.2. The van der Waals surface area contributed by atoms with Crippen molar-refractivity contribution in [2.45, 2.75) is 24.8 Å². The topological polar surface area (TPSA) is 72.4 Å². The van der Waals surface area contributed by atoms with Crippen molar-refractivity contribution < 1.29 is 27.4 Å². The molecule has 1 spiro atoms. The largest absolute Gasteiger partial charge is 0.573 e. The molecule has 6 rings (SSSR count). The van der Waals surface area contributed by atoms with Crippen LogP contribution in [-0.2, 0) is 12.6 Å². The molecule has 2 aromatic heterocycles. The summed E-state index contributed by atoms with van der Waals surface area (Å²) < 4.78 is 50.0. The number of carbonyl (C=O) groups is 1. The number of nitrogens with zero attached hydrogens (tertiary/aromatic N) is 3. The number of hydrogen-bond acceptors (Lipinski definition) is 4. The normalized spacial score (nSPS) is 16.6. The van der Waals surface area contributed by atoms with Gasteiger partial charge in [-0.25, -0.2) is 0 Å². The highest BCUT2D eigenvalue weighted by molar-refractivity contribution is 5.98. The molecule has 0 bridgehead atoms. The molecule has 2 aliphatic heterocycles. The number of amides is 1. The summed E-state index contributed by atoms with van der Waals surface area (Å²) in [7, 11) is 1.91. The minimum absolute atomic E-state index is 0.211. The van der Waals surface area contributed by atoms with E-state index in [4.69, 9.17) is 4.74 Å². The molecule has 2 aliphatic rings. The van der Waals surface area contributed by atoms with Gasteiger partial charge in [-0.1, -0.05) is 12.1 Å². The van der Waals surface area contributed by atoms with E-state index < -0.39 is 12.0 Å². The first-order chi connectivity index (χ1) is 16.7. The van der Waals surface area contributed by atoms with Crippen LogP contribution in [0.3, 0.4) is 0 Å². The number of aromatic amines is 1. The molecule has 1 N–H and O–H groups in total. The van der Waals surface area contributed by atoms with E-state index in [0.717, 1.165) is 22.6 Å². The monoisotopic (exact) mass is 482 g/mol. The zero-order valence-corrected chi connectivity index (χ0v) is 18.7. The number of fused-ring (bicyclic) bond motifs is 5. The van der Waals surface area contributed by atoms with Crippen molar-refractivity contribution in [2.24, 2.45) is 7.05 Å². The quantitative estimate of drug-likeness (QED) is 0.437. The fourth-order valence-corrected chi connectivity index (χ4v) is 5.14. The van der Waals surface area contributed by atoms with E-state index in [2.05, 4.69) is 14.8 Å². The molecule has 1 saturated heterocycles. The predicted octanol–water partition coefficient (Wildman–Crippen LogP) is 4.99. The van der Waals surface area contributed by atoms with E-state index >= 15 is 0 Å². The molecule has 0 atom stereocenters. The minimum atomic E-state index is -4.78. The molecule has 0 aliphatic carbocycles. The van der Waals surface area contributed by atoms with E-state index in [1.165, 1.54) is 18.2 Å². The maximum atomic E-state index is 13.2. The lowest BCUT2D eigenvalue weighted by molar-refractivity contribution is -0.274. The highest BCUT2D eigenvalue weighted by atomic mass is 19.4. The van der Waals surface area contributed by atoms with Crippen LogP contribution in [0.2, 0.25) is 0 Å². The van der Waals surface area contributed by atoms with E-state index in [0.29, 0.717) is 42.5 Å². The molecule has 4 aromatic rings. The summed E-state index contributed by atoms with van der Waals surface area (Å²) in [5.74, 6) is 0.262.